The third-order valence-corrected chi connectivity index (χ3v) is 2.91. The Morgan fingerprint density at radius 1 is 1.35 bits per heavy atom. The maximum absolute atomic E-state index is 12.0. The van der Waals surface area contributed by atoms with Gasteiger partial charge < -0.3 is 14.7 Å². The van der Waals surface area contributed by atoms with Gasteiger partial charge in [0.05, 0.1) is 5.92 Å². The number of esters is 1. The highest BCUT2D eigenvalue weighted by molar-refractivity contribution is 5.76. The number of nitrogens with zero attached hydrogens (tertiary/aromatic N) is 1. The summed E-state index contributed by atoms with van der Waals surface area (Å²) in [5.74, 6) is -0.705. The Kier molecular flexibility index (Phi) is 3.41. The van der Waals surface area contributed by atoms with E-state index in [1.54, 1.807) is 0 Å². The first-order valence-corrected chi connectivity index (χ1v) is 5.74. The molecule has 1 fully saturated rings. The number of carboxylic acid groups (broad SMARTS) is 1. The van der Waals surface area contributed by atoms with Crippen LogP contribution in [-0.4, -0.2) is 40.8 Å². The van der Waals surface area contributed by atoms with Crippen molar-refractivity contribution in [1.82, 2.24) is 4.90 Å². The van der Waals surface area contributed by atoms with Crippen LogP contribution in [0.15, 0.2) is 0 Å². The molecule has 0 aromatic heterocycles. The molecule has 1 amide bonds. The lowest BCUT2D eigenvalue weighted by molar-refractivity contribution is -0.162. The molecule has 0 aliphatic carbocycles. The van der Waals surface area contributed by atoms with Crippen LogP contribution in [0.2, 0.25) is 0 Å². The first-order chi connectivity index (χ1) is 7.53. The van der Waals surface area contributed by atoms with Crippen molar-refractivity contribution in [3.05, 3.63) is 0 Å². The number of likely N-dealkylation sites (tertiary alicyclic amines) is 1. The van der Waals surface area contributed by atoms with E-state index in [9.17, 15) is 9.59 Å². The van der Waals surface area contributed by atoms with Crippen molar-refractivity contribution in [3.63, 3.8) is 0 Å². The van der Waals surface area contributed by atoms with Gasteiger partial charge in [0, 0.05) is 13.1 Å². The van der Waals surface area contributed by atoms with Gasteiger partial charge in [0.25, 0.3) is 0 Å². The molecule has 0 bridgehead atoms. The van der Waals surface area contributed by atoms with Crippen molar-refractivity contribution in [2.75, 3.05) is 13.1 Å². The normalized spacial score (nSPS) is 23.6. The smallest absolute Gasteiger partial charge is 0.407 e. The van der Waals surface area contributed by atoms with Crippen LogP contribution >= 0.6 is 0 Å². The maximum atomic E-state index is 12.0. The number of carbonyl (C=O) groups is 2. The third-order valence-electron chi connectivity index (χ3n) is 2.91. The van der Waals surface area contributed by atoms with Crippen LogP contribution in [0.3, 0.4) is 0 Å². The molecule has 17 heavy (non-hydrogen) atoms. The fraction of sp³-hybridized carbons (Fsp3) is 0.833. The fourth-order valence-corrected chi connectivity index (χ4v) is 2.05. The Bertz CT molecular complexity index is 330. The molecule has 1 heterocycles. The van der Waals surface area contributed by atoms with E-state index in [0.29, 0.717) is 6.54 Å². The molecule has 0 aromatic rings. The lowest BCUT2D eigenvalue weighted by Crippen LogP contribution is -2.35. The van der Waals surface area contributed by atoms with E-state index < -0.39 is 17.6 Å². The number of amides is 1. The maximum Gasteiger partial charge on any atom is 0.407 e. The summed E-state index contributed by atoms with van der Waals surface area (Å²) >= 11 is 0. The molecule has 1 unspecified atom stereocenters. The molecule has 0 radical (unpaired) electrons. The molecular formula is C12H21NO4. The Morgan fingerprint density at radius 2 is 1.88 bits per heavy atom. The van der Waals surface area contributed by atoms with E-state index >= 15 is 0 Å². The van der Waals surface area contributed by atoms with Gasteiger partial charge in [-0.25, -0.2) is 4.79 Å². The first-order valence-electron chi connectivity index (χ1n) is 5.74. The van der Waals surface area contributed by atoms with Gasteiger partial charge in [-0.15, -0.1) is 0 Å². The molecular weight excluding hydrogens is 222 g/mol. The lowest BCUT2D eigenvalue weighted by Gasteiger charge is -2.27. The van der Waals surface area contributed by atoms with Crippen molar-refractivity contribution in [2.24, 2.45) is 11.3 Å². The van der Waals surface area contributed by atoms with E-state index in [1.807, 2.05) is 34.6 Å². The molecule has 0 spiro atoms. The number of rotatable bonds is 1. The molecule has 0 saturated carbocycles. The highest BCUT2D eigenvalue weighted by Crippen LogP contribution is 2.36. The van der Waals surface area contributed by atoms with Crippen molar-refractivity contribution < 1.29 is 19.4 Å². The zero-order valence-corrected chi connectivity index (χ0v) is 11.1. The highest BCUT2D eigenvalue weighted by Gasteiger charge is 2.46. The monoisotopic (exact) mass is 243 g/mol. The lowest BCUT2D eigenvalue weighted by atomic mass is 9.82. The van der Waals surface area contributed by atoms with Crippen LogP contribution in [0, 0.1) is 11.3 Å². The minimum atomic E-state index is -0.982. The second-order valence-corrected chi connectivity index (χ2v) is 6.24. The van der Waals surface area contributed by atoms with E-state index in [2.05, 4.69) is 0 Å². The van der Waals surface area contributed by atoms with E-state index in [1.165, 1.54) is 4.90 Å². The van der Waals surface area contributed by atoms with E-state index in [4.69, 9.17) is 9.84 Å². The zero-order valence-electron chi connectivity index (χ0n) is 11.1. The minimum absolute atomic E-state index is 0.219. The van der Waals surface area contributed by atoms with Crippen LogP contribution in [0.25, 0.3) is 0 Å². The van der Waals surface area contributed by atoms with E-state index in [-0.39, 0.29) is 17.9 Å². The van der Waals surface area contributed by atoms with Crippen LogP contribution in [-0.2, 0) is 9.53 Å². The molecule has 1 atom stereocenters. The third kappa shape index (κ3) is 3.35. The summed E-state index contributed by atoms with van der Waals surface area (Å²) in [5.41, 5.74) is -0.912. The molecule has 1 aliphatic heterocycles. The quantitative estimate of drug-likeness (QED) is 0.715. The molecule has 98 valence electrons. The number of ether oxygens (including phenoxy) is 1. The van der Waals surface area contributed by atoms with E-state index in [0.717, 1.165) is 0 Å². The van der Waals surface area contributed by atoms with Crippen LogP contribution in [0.1, 0.15) is 34.6 Å². The Balaban J connectivity index is 2.77. The second-order valence-electron chi connectivity index (χ2n) is 6.24. The number of hydrogen-bond acceptors (Lipinski definition) is 3. The number of carbonyl (C=O) groups excluding carboxylic acids is 1. The van der Waals surface area contributed by atoms with Gasteiger partial charge in [-0.05, 0) is 26.2 Å². The average molecular weight is 243 g/mol. The summed E-state index contributed by atoms with van der Waals surface area (Å²) in [6.45, 7) is 9.80. The molecule has 1 aliphatic rings. The van der Waals surface area contributed by atoms with Gasteiger partial charge in [0.15, 0.2) is 0 Å². The molecule has 1 N–H and O–H groups in total. The summed E-state index contributed by atoms with van der Waals surface area (Å²) in [7, 11) is 0. The van der Waals surface area contributed by atoms with Gasteiger partial charge in [-0.3, -0.25) is 4.79 Å². The van der Waals surface area contributed by atoms with Gasteiger partial charge in [0.2, 0.25) is 0 Å². The molecule has 0 aromatic carbocycles. The van der Waals surface area contributed by atoms with Gasteiger partial charge in [-0.1, -0.05) is 13.8 Å². The van der Waals surface area contributed by atoms with Gasteiger partial charge >= 0.3 is 12.1 Å². The van der Waals surface area contributed by atoms with Crippen LogP contribution in [0.4, 0.5) is 4.79 Å². The predicted molar refractivity (Wildman–Crippen MR) is 62.7 cm³/mol. The standard InChI is InChI=1S/C12H21NO4/c1-11(2,3)17-9(14)8-6-13(10(15)16)7-12(8,4)5/h8H,6-7H2,1-5H3,(H,15,16). The highest BCUT2D eigenvalue weighted by atomic mass is 16.6. The van der Waals surface area contributed by atoms with Crippen molar-refractivity contribution >= 4 is 12.1 Å². The topological polar surface area (TPSA) is 66.8 Å². The Hall–Kier alpha value is -1.26. The van der Waals surface area contributed by atoms with Crippen molar-refractivity contribution in [3.8, 4) is 0 Å². The second kappa shape index (κ2) is 4.20. The van der Waals surface area contributed by atoms with Crippen LogP contribution < -0.4 is 0 Å². The zero-order chi connectivity index (χ0) is 13.4. The molecule has 1 saturated heterocycles. The molecule has 5 heteroatoms. The Morgan fingerprint density at radius 3 is 2.24 bits per heavy atom. The largest absolute Gasteiger partial charge is 0.465 e. The van der Waals surface area contributed by atoms with Crippen molar-refractivity contribution in [1.29, 1.82) is 0 Å². The average Bonchev–Trinajstić information content (AvgIpc) is 2.38. The van der Waals surface area contributed by atoms with Crippen LogP contribution in [0.5, 0.6) is 0 Å². The minimum Gasteiger partial charge on any atom is -0.465 e. The van der Waals surface area contributed by atoms with Gasteiger partial charge in [0.1, 0.15) is 5.60 Å². The molecule has 1 rings (SSSR count). The van der Waals surface area contributed by atoms with Crippen molar-refractivity contribution in [2.45, 2.75) is 40.2 Å². The molecule has 5 nitrogen and oxygen atoms in total. The Labute approximate surface area is 102 Å². The fourth-order valence-electron chi connectivity index (χ4n) is 2.05. The predicted octanol–water partition coefficient (Wildman–Crippen LogP) is 1.96. The summed E-state index contributed by atoms with van der Waals surface area (Å²) in [6, 6.07) is 0. The SMILES string of the molecule is CC(C)(C)OC(=O)C1CN(C(=O)O)CC1(C)C. The number of hydrogen-bond donors (Lipinski definition) is 1. The summed E-state index contributed by atoms with van der Waals surface area (Å²) < 4.78 is 5.33. The first kappa shape index (κ1) is 13.8. The summed E-state index contributed by atoms with van der Waals surface area (Å²) in [5, 5.41) is 8.95. The summed E-state index contributed by atoms with van der Waals surface area (Å²) in [6.07, 6.45) is -0.982. The van der Waals surface area contributed by atoms with Gasteiger partial charge in [-0.2, -0.15) is 0 Å². The summed E-state index contributed by atoms with van der Waals surface area (Å²) in [4.78, 5) is 24.2.